The molecule has 2 aromatic rings. The summed E-state index contributed by atoms with van der Waals surface area (Å²) in [5.74, 6) is 0.00120. The Bertz CT molecular complexity index is 972. The van der Waals surface area contributed by atoms with Gasteiger partial charge in [0.25, 0.3) is 5.91 Å². The lowest BCUT2D eigenvalue weighted by atomic mass is 9.73. The summed E-state index contributed by atoms with van der Waals surface area (Å²) in [4.78, 5) is 32.9. The van der Waals surface area contributed by atoms with Crippen LogP contribution in [0.4, 0.5) is 0 Å². The van der Waals surface area contributed by atoms with Crippen LogP contribution < -0.4 is 5.32 Å². The van der Waals surface area contributed by atoms with Crippen LogP contribution in [0.25, 0.3) is 11.1 Å². The average Bonchev–Trinajstić information content (AvgIpc) is 2.88. The molecular formula is C27H33N3O3. The van der Waals surface area contributed by atoms with E-state index in [0.29, 0.717) is 32.7 Å². The molecule has 0 bridgehead atoms. The van der Waals surface area contributed by atoms with Gasteiger partial charge in [0.15, 0.2) is 0 Å². The van der Waals surface area contributed by atoms with Crippen molar-refractivity contribution in [3.05, 3.63) is 67.0 Å². The molecule has 2 saturated heterocycles. The third-order valence-corrected chi connectivity index (χ3v) is 6.75. The van der Waals surface area contributed by atoms with E-state index in [-0.39, 0.29) is 17.9 Å². The van der Waals surface area contributed by atoms with Gasteiger partial charge in [-0.3, -0.25) is 14.6 Å². The molecule has 1 aromatic carbocycles. The first-order valence-electron chi connectivity index (χ1n) is 11.9. The summed E-state index contributed by atoms with van der Waals surface area (Å²) < 4.78 is 5.77. The van der Waals surface area contributed by atoms with Crippen LogP contribution in [0.15, 0.2) is 61.4 Å². The molecule has 2 aliphatic heterocycles. The number of carbonyl (C=O) groups is 2. The predicted molar refractivity (Wildman–Crippen MR) is 128 cm³/mol. The second kappa shape index (κ2) is 10.8. The van der Waals surface area contributed by atoms with Gasteiger partial charge in [0.1, 0.15) is 6.10 Å². The molecule has 174 valence electrons. The summed E-state index contributed by atoms with van der Waals surface area (Å²) >= 11 is 0. The number of likely N-dealkylation sites (tertiary alicyclic amines) is 1. The molecule has 1 N–H and O–H groups in total. The molecule has 0 radical (unpaired) electrons. The number of nitrogens with zero attached hydrogens (tertiary/aromatic N) is 2. The van der Waals surface area contributed by atoms with Crippen LogP contribution in [0.5, 0.6) is 0 Å². The standard InChI is InChI=1S/C27H33N3O3/c1-2-14-29-26(32)27(13-8-16-30(20-27)25(31)24-12-5-6-17-33-24)18-21-9-3-4-11-23(21)22-10-7-15-28-19-22/h2-4,7,9-11,15,19,24H,1,5-6,8,12-14,16-18,20H2,(H,29,32)/t24-,27-/m1/s1. The number of amides is 2. The van der Waals surface area contributed by atoms with Gasteiger partial charge in [-0.1, -0.05) is 36.4 Å². The third kappa shape index (κ3) is 5.33. The first-order chi connectivity index (χ1) is 16.1. The highest BCUT2D eigenvalue weighted by atomic mass is 16.5. The summed E-state index contributed by atoms with van der Waals surface area (Å²) in [5.41, 5.74) is 2.47. The lowest BCUT2D eigenvalue weighted by Gasteiger charge is -2.43. The zero-order chi connectivity index (χ0) is 23.1. The third-order valence-electron chi connectivity index (χ3n) is 6.75. The van der Waals surface area contributed by atoms with E-state index in [1.807, 2.05) is 35.4 Å². The Morgan fingerprint density at radius 1 is 1.21 bits per heavy atom. The van der Waals surface area contributed by atoms with Gasteiger partial charge in [-0.15, -0.1) is 6.58 Å². The number of pyridine rings is 1. The number of nitrogens with one attached hydrogen (secondary N) is 1. The number of aromatic nitrogens is 1. The second-order valence-corrected chi connectivity index (χ2v) is 9.07. The van der Waals surface area contributed by atoms with Crippen molar-refractivity contribution in [2.24, 2.45) is 5.41 Å². The minimum Gasteiger partial charge on any atom is -0.368 e. The highest BCUT2D eigenvalue weighted by Gasteiger charge is 2.44. The van der Waals surface area contributed by atoms with Gasteiger partial charge in [-0.05, 0) is 55.7 Å². The number of hydrogen-bond acceptors (Lipinski definition) is 4. The van der Waals surface area contributed by atoms with Crippen LogP contribution in [0, 0.1) is 5.41 Å². The molecule has 2 amide bonds. The van der Waals surface area contributed by atoms with Crippen LogP contribution in [-0.2, 0) is 20.7 Å². The highest BCUT2D eigenvalue weighted by Crippen LogP contribution is 2.37. The van der Waals surface area contributed by atoms with Crippen LogP contribution in [-0.4, -0.2) is 54.0 Å². The predicted octanol–water partition coefficient (Wildman–Crippen LogP) is 3.77. The first kappa shape index (κ1) is 23.2. The summed E-state index contributed by atoms with van der Waals surface area (Å²) in [5, 5.41) is 3.02. The van der Waals surface area contributed by atoms with Crippen LogP contribution in [0.1, 0.15) is 37.7 Å². The second-order valence-electron chi connectivity index (χ2n) is 9.07. The van der Waals surface area contributed by atoms with Crippen molar-refractivity contribution in [3.8, 4) is 11.1 Å². The largest absolute Gasteiger partial charge is 0.368 e. The molecule has 33 heavy (non-hydrogen) atoms. The molecule has 2 atom stereocenters. The fourth-order valence-corrected chi connectivity index (χ4v) is 5.06. The van der Waals surface area contributed by atoms with Crippen molar-refractivity contribution in [1.82, 2.24) is 15.2 Å². The Morgan fingerprint density at radius 3 is 2.85 bits per heavy atom. The molecule has 0 aliphatic carbocycles. The van der Waals surface area contributed by atoms with Crippen molar-refractivity contribution in [3.63, 3.8) is 0 Å². The monoisotopic (exact) mass is 447 g/mol. The van der Waals surface area contributed by atoms with Crippen LogP contribution in [0.2, 0.25) is 0 Å². The van der Waals surface area contributed by atoms with E-state index in [9.17, 15) is 9.59 Å². The van der Waals surface area contributed by atoms with Gasteiger partial charge in [0, 0.05) is 44.2 Å². The molecule has 1 aromatic heterocycles. The van der Waals surface area contributed by atoms with Crippen molar-refractivity contribution >= 4 is 11.8 Å². The van der Waals surface area contributed by atoms with Crippen molar-refractivity contribution in [1.29, 1.82) is 0 Å². The molecule has 0 spiro atoms. The smallest absolute Gasteiger partial charge is 0.251 e. The summed E-state index contributed by atoms with van der Waals surface area (Å²) in [7, 11) is 0. The normalized spacial score (nSPS) is 23.0. The number of ether oxygens (including phenoxy) is 1. The average molecular weight is 448 g/mol. The van der Waals surface area contributed by atoms with E-state index in [1.165, 1.54) is 0 Å². The summed E-state index contributed by atoms with van der Waals surface area (Å²) in [6.45, 7) is 5.84. The Morgan fingerprint density at radius 2 is 2.09 bits per heavy atom. The summed E-state index contributed by atoms with van der Waals surface area (Å²) in [6, 6.07) is 12.1. The molecule has 2 fully saturated rings. The summed E-state index contributed by atoms with van der Waals surface area (Å²) in [6.07, 6.45) is 9.75. The van der Waals surface area contributed by atoms with Gasteiger partial charge in [-0.25, -0.2) is 0 Å². The Kier molecular flexibility index (Phi) is 7.55. The molecule has 3 heterocycles. The lowest BCUT2D eigenvalue weighted by Crippen LogP contribution is -2.56. The van der Waals surface area contributed by atoms with Gasteiger partial charge in [0.05, 0.1) is 5.41 Å². The van der Waals surface area contributed by atoms with Crippen molar-refractivity contribution in [2.75, 3.05) is 26.2 Å². The SMILES string of the molecule is C=CCNC(=O)[C@@]1(Cc2ccccc2-c2cccnc2)CCCN(C(=O)[C@H]2CCCCO2)C1. The molecule has 0 saturated carbocycles. The van der Waals surface area contributed by atoms with Crippen molar-refractivity contribution < 1.29 is 14.3 Å². The zero-order valence-electron chi connectivity index (χ0n) is 19.2. The van der Waals surface area contributed by atoms with E-state index in [4.69, 9.17) is 4.74 Å². The number of benzene rings is 1. The molecule has 6 nitrogen and oxygen atoms in total. The fourth-order valence-electron chi connectivity index (χ4n) is 5.06. The molecule has 4 rings (SSSR count). The van der Waals surface area contributed by atoms with Crippen LogP contribution >= 0.6 is 0 Å². The van der Waals surface area contributed by atoms with Gasteiger partial charge < -0.3 is 15.0 Å². The van der Waals surface area contributed by atoms with E-state index in [1.54, 1.807) is 12.3 Å². The fraction of sp³-hybridized carbons (Fsp3) is 0.444. The molecule has 6 heteroatoms. The minimum absolute atomic E-state index is 0.0227. The van der Waals surface area contributed by atoms with E-state index in [2.05, 4.69) is 29.0 Å². The quantitative estimate of drug-likeness (QED) is 0.656. The number of rotatable bonds is 7. The molecule has 2 aliphatic rings. The molecule has 0 unspecified atom stereocenters. The van der Waals surface area contributed by atoms with Gasteiger partial charge >= 0.3 is 0 Å². The Hall–Kier alpha value is -2.99. The maximum atomic E-state index is 13.5. The Labute approximate surface area is 196 Å². The maximum Gasteiger partial charge on any atom is 0.251 e. The lowest BCUT2D eigenvalue weighted by molar-refractivity contribution is -0.152. The maximum absolute atomic E-state index is 13.5. The van der Waals surface area contributed by atoms with Gasteiger partial charge in [0.2, 0.25) is 5.91 Å². The highest BCUT2D eigenvalue weighted by molar-refractivity contribution is 5.86. The first-order valence-corrected chi connectivity index (χ1v) is 11.9. The number of hydrogen-bond donors (Lipinski definition) is 1. The number of carbonyl (C=O) groups excluding carboxylic acids is 2. The van der Waals surface area contributed by atoms with E-state index < -0.39 is 5.41 Å². The zero-order valence-corrected chi connectivity index (χ0v) is 19.2. The topological polar surface area (TPSA) is 71.5 Å². The van der Waals surface area contributed by atoms with Crippen LogP contribution in [0.3, 0.4) is 0 Å². The van der Waals surface area contributed by atoms with E-state index in [0.717, 1.165) is 48.8 Å². The number of piperidine rings is 1. The minimum atomic E-state index is -0.704. The van der Waals surface area contributed by atoms with Gasteiger partial charge in [-0.2, -0.15) is 0 Å². The Balaban J connectivity index is 1.64. The molecular weight excluding hydrogens is 414 g/mol. The van der Waals surface area contributed by atoms with Crippen molar-refractivity contribution in [2.45, 2.75) is 44.6 Å². The van der Waals surface area contributed by atoms with E-state index >= 15 is 0 Å².